The summed E-state index contributed by atoms with van der Waals surface area (Å²) < 4.78 is 0. The van der Waals surface area contributed by atoms with Gasteiger partial charge in [0.25, 0.3) is 0 Å². The van der Waals surface area contributed by atoms with Crippen molar-refractivity contribution in [3.63, 3.8) is 0 Å². The zero-order valence-corrected chi connectivity index (χ0v) is 11.1. The average Bonchev–Trinajstić information content (AvgIpc) is 2.38. The van der Waals surface area contributed by atoms with Crippen LogP contribution in [0, 0.1) is 0 Å². The Morgan fingerprint density at radius 3 is 2.89 bits per heavy atom. The Labute approximate surface area is 115 Å². The van der Waals surface area contributed by atoms with E-state index in [4.69, 9.17) is 5.11 Å². The summed E-state index contributed by atoms with van der Waals surface area (Å²) >= 11 is 1.55. The van der Waals surface area contributed by atoms with Crippen molar-refractivity contribution in [1.82, 2.24) is 4.90 Å². The minimum absolute atomic E-state index is 0.106. The molecule has 1 aromatic carbocycles. The van der Waals surface area contributed by atoms with Gasteiger partial charge in [0.1, 0.15) is 11.8 Å². The molecule has 1 aliphatic rings. The second-order valence-electron chi connectivity index (χ2n) is 4.36. The predicted molar refractivity (Wildman–Crippen MR) is 72.3 cm³/mol. The second kappa shape index (κ2) is 5.97. The SMILES string of the molecule is O=C(O)C1CSCCN1C(=O)Cc1cccc(O)c1. The lowest BCUT2D eigenvalue weighted by Crippen LogP contribution is -2.50. The number of hydrogen-bond donors (Lipinski definition) is 2. The number of nitrogens with zero attached hydrogens (tertiary/aromatic N) is 1. The van der Waals surface area contributed by atoms with Crippen molar-refractivity contribution >= 4 is 23.6 Å². The van der Waals surface area contributed by atoms with Gasteiger partial charge in [0.2, 0.25) is 5.91 Å². The third-order valence-corrected chi connectivity index (χ3v) is 4.02. The fourth-order valence-corrected chi connectivity index (χ4v) is 3.09. The van der Waals surface area contributed by atoms with Crippen molar-refractivity contribution < 1.29 is 19.8 Å². The number of phenols is 1. The van der Waals surface area contributed by atoms with Crippen molar-refractivity contribution in [1.29, 1.82) is 0 Å². The van der Waals surface area contributed by atoms with E-state index < -0.39 is 12.0 Å². The molecule has 1 amide bonds. The van der Waals surface area contributed by atoms with Crippen LogP contribution in [0.4, 0.5) is 0 Å². The number of carbonyl (C=O) groups is 2. The van der Waals surface area contributed by atoms with Gasteiger partial charge in [-0.1, -0.05) is 12.1 Å². The number of benzene rings is 1. The number of thioether (sulfide) groups is 1. The van der Waals surface area contributed by atoms with Gasteiger partial charge in [0.05, 0.1) is 6.42 Å². The average molecular weight is 281 g/mol. The fraction of sp³-hybridized carbons (Fsp3) is 0.385. The van der Waals surface area contributed by atoms with Gasteiger partial charge in [-0.25, -0.2) is 4.79 Å². The number of rotatable bonds is 3. The van der Waals surface area contributed by atoms with Gasteiger partial charge in [-0.15, -0.1) is 0 Å². The van der Waals surface area contributed by atoms with Crippen LogP contribution < -0.4 is 0 Å². The van der Waals surface area contributed by atoms with Gasteiger partial charge in [0.15, 0.2) is 0 Å². The van der Waals surface area contributed by atoms with Gasteiger partial charge in [0, 0.05) is 18.1 Å². The molecule has 2 N–H and O–H groups in total. The molecule has 1 unspecified atom stereocenters. The van der Waals surface area contributed by atoms with Crippen LogP contribution in [0.5, 0.6) is 5.75 Å². The van der Waals surface area contributed by atoms with E-state index in [1.807, 2.05) is 0 Å². The molecule has 1 aromatic rings. The number of aromatic hydroxyl groups is 1. The van der Waals surface area contributed by atoms with Crippen LogP contribution in [-0.4, -0.2) is 51.1 Å². The zero-order valence-electron chi connectivity index (χ0n) is 10.3. The molecule has 0 bridgehead atoms. The molecule has 102 valence electrons. The molecule has 1 saturated heterocycles. The minimum atomic E-state index is -0.962. The first-order valence-corrected chi connectivity index (χ1v) is 7.11. The maximum Gasteiger partial charge on any atom is 0.327 e. The lowest BCUT2D eigenvalue weighted by Gasteiger charge is -2.32. The summed E-state index contributed by atoms with van der Waals surface area (Å²) in [5, 5.41) is 18.5. The van der Waals surface area contributed by atoms with Crippen molar-refractivity contribution in [2.45, 2.75) is 12.5 Å². The van der Waals surface area contributed by atoms with Crippen LogP contribution in [0.3, 0.4) is 0 Å². The summed E-state index contributed by atoms with van der Waals surface area (Å²) in [6.45, 7) is 0.458. The van der Waals surface area contributed by atoms with Crippen LogP contribution >= 0.6 is 11.8 Å². The van der Waals surface area contributed by atoms with E-state index in [0.29, 0.717) is 17.9 Å². The topological polar surface area (TPSA) is 77.8 Å². The van der Waals surface area contributed by atoms with Crippen LogP contribution in [0.25, 0.3) is 0 Å². The number of carboxylic acids is 1. The normalized spacial score (nSPS) is 19.2. The largest absolute Gasteiger partial charge is 0.508 e. The number of phenolic OH excluding ortho intramolecular Hbond substituents is 1. The Morgan fingerprint density at radius 1 is 1.42 bits per heavy atom. The van der Waals surface area contributed by atoms with Crippen molar-refractivity contribution in [2.24, 2.45) is 0 Å². The highest BCUT2D eigenvalue weighted by Crippen LogP contribution is 2.19. The molecule has 0 spiro atoms. The van der Waals surface area contributed by atoms with Gasteiger partial charge >= 0.3 is 5.97 Å². The number of carbonyl (C=O) groups excluding carboxylic acids is 1. The molecule has 0 radical (unpaired) electrons. The lowest BCUT2D eigenvalue weighted by atomic mass is 10.1. The summed E-state index contributed by atoms with van der Waals surface area (Å²) in [6, 6.07) is 5.71. The van der Waals surface area contributed by atoms with Crippen LogP contribution in [0.15, 0.2) is 24.3 Å². The maximum absolute atomic E-state index is 12.2. The quantitative estimate of drug-likeness (QED) is 0.863. The van der Waals surface area contributed by atoms with Crippen LogP contribution in [-0.2, 0) is 16.0 Å². The third-order valence-electron chi connectivity index (χ3n) is 3.00. The summed E-state index contributed by atoms with van der Waals surface area (Å²) in [5.74, 6) is 0.125. The van der Waals surface area contributed by atoms with E-state index in [-0.39, 0.29) is 18.1 Å². The zero-order chi connectivity index (χ0) is 13.8. The first kappa shape index (κ1) is 13.7. The third kappa shape index (κ3) is 3.41. The Kier molecular flexibility index (Phi) is 4.31. The Bertz CT molecular complexity index is 491. The summed E-state index contributed by atoms with van der Waals surface area (Å²) in [5.41, 5.74) is 0.687. The van der Waals surface area contributed by atoms with Gasteiger partial charge in [-0.05, 0) is 17.7 Å². The van der Waals surface area contributed by atoms with E-state index in [1.165, 1.54) is 17.0 Å². The van der Waals surface area contributed by atoms with Crippen LogP contribution in [0.2, 0.25) is 0 Å². The monoisotopic (exact) mass is 281 g/mol. The molecule has 0 aromatic heterocycles. The Hall–Kier alpha value is -1.69. The summed E-state index contributed by atoms with van der Waals surface area (Å²) in [4.78, 5) is 24.7. The van der Waals surface area contributed by atoms with E-state index in [2.05, 4.69) is 0 Å². The maximum atomic E-state index is 12.2. The summed E-state index contributed by atoms with van der Waals surface area (Å²) in [6.07, 6.45) is 0.114. The minimum Gasteiger partial charge on any atom is -0.508 e. The molecule has 19 heavy (non-hydrogen) atoms. The van der Waals surface area contributed by atoms with Crippen molar-refractivity contribution in [3.8, 4) is 5.75 Å². The van der Waals surface area contributed by atoms with Gasteiger partial charge < -0.3 is 15.1 Å². The Balaban J connectivity index is 2.07. The lowest BCUT2D eigenvalue weighted by molar-refractivity contribution is -0.148. The number of hydrogen-bond acceptors (Lipinski definition) is 4. The van der Waals surface area contributed by atoms with E-state index in [9.17, 15) is 14.7 Å². The second-order valence-corrected chi connectivity index (χ2v) is 5.51. The highest BCUT2D eigenvalue weighted by Gasteiger charge is 2.32. The molecule has 1 aliphatic heterocycles. The molecule has 1 atom stereocenters. The fourth-order valence-electron chi connectivity index (χ4n) is 2.05. The molecule has 6 heteroatoms. The Morgan fingerprint density at radius 2 is 2.21 bits per heavy atom. The number of aliphatic carboxylic acids is 1. The first-order valence-electron chi connectivity index (χ1n) is 5.96. The first-order chi connectivity index (χ1) is 9.08. The van der Waals surface area contributed by atoms with Crippen molar-refractivity contribution in [3.05, 3.63) is 29.8 Å². The van der Waals surface area contributed by atoms with E-state index >= 15 is 0 Å². The smallest absolute Gasteiger partial charge is 0.327 e. The van der Waals surface area contributed by atoms with E-state index in [0.717, 1.165) is 5.75 Å². The molecule has 0 saturated carbocycles. The highest BCUT2D eigenvalue weighted by atomic mass is 32.2. The molecule has 1 heterocycles. The number of carboxylic acid groups (broad SMARTS) is 1. The molecule has 0 aliphatic carbocycles. The van der Waals surface area contributed by atoms with E-state index in [1.54, 1.807) is 23.9 Å². The van der Waals surface area contributed by atoms with Gasteiger partial charge in [-0.3, -0.25) is 4.79 Å². The molecule has 5 nitrogen and oxygen atoms in total. The van der Waals surface area contributed by atoms with Gasteiger partial charge in [-0.2, -0.15) is 11.8 Å². The molecule has 2 rings (SSSR count). The standard InChI is InChI=1S/C13H15NO4S/c15-10-3-1-2-9(6-10)7-12(16)14-4-5-19-8-11(14)13(17)18/h1-3,6,11,15H,4-5,7-8H2,(H,17,18). The molecule has 1 fully saturated rings. The summed E-state index contributed by atoms with van der Waals surface area (Å²) in [7, 11) is 0. The number of amides is 1. The highest BCUT2D eigenvalue weighted by molar-refractivity contribution is 7.99. The predicted octanol–water partition coefficient (Wildman–Crippen LogP) is 0.963. The van der Waals surface area contributed by atoms with Crippen LogP contribution in [0.1, 0.15) is 5.56 Å². The molecular weight excluding hydrogens is 266 g/mol. The van der Waals surface area contributed by atoms with Crippen molar-refractivity contribution in [2.75, 3.05) is 18.1 Å². The molecular formula is C13H15NO4S.